The topological polar surface area (TPSA) is 67.2 Å². The number of hydrogen-bond acceptors (Lipinski definition) is 4. The largest absolute Gasteiger partial charge is 0.396 e. The minimum Gasteiger partial charge on any atom is -0.396 e. The summed E-state index contributed by atoms with van der Waals surface area (Å²) in [5, 5.41) is 16.7. The van der Waals surface area contributed by atoms with E-state index < -0.39 is 0 Å². The Balaban J connectivity index is 2.05. The first kappa shape index (κ1) is 16.3. The smallest absolute Gasteiger partial charge is 0.291 e. The van der Waals surface area contributed by atoms with Crippen molar-refractivity contribution in [2.24, 2.45) is 11.8 Å². The number of aliphatic hydroxyl groups is 1. The molecule has 0 saturated heterocycles. The molecule has 0 spiro atoms. The van der Waals surface area contributed by atoms with Crippen LogP contribution in [0.4, 0.5) is 5.69 Å². The molecule has 1 atom stereocenters. The molecule has 1 heterocycles. The van der Waals surface area contributed by atoms with Gasteiger partial charge in [0.1, 0.15) is 5.69 Å². The van der Waals surface area contributed by atoms with Crippen LogP contribution in [0.25, 0.3) is 0 Å². The molecular formula is C15H24ClN3O2. The van der Waals surface area contributed by atoms with Crippen molar-refractivity contribution in [2.45, 2.75) is 45.6 Å². The molecule has 5 nitrogen and oxygen atoms in total. The van der Waals surface area contributed by atoms with Crippen molar-refractivity contribution >= 4 is 17.3 Å². The van der Waals surface area contributed by atoms with Gasteiger partial charge in [0.15, 0.2) is 0 Å². The van der Waals surface area contributed by atoms with Crippen LogP contribution < -0.4 is 10.9 Å². The van der Waals surface area contributed by atoms with Crippen LogP contribution in [0.2, 0.25) is 5.02 Å². The van der Waals surface area contributed by atoms with Gasteiger partial charge in [-0.05, 0) is 37.5 Å². The lowest BCUT2D eigenvalue weighted by atomic mass is 10.0. The average molecular weight is 314 g/mol. The van der Waals surface area contributed by atoms with E-state index in [1.165, 1.54) is 23.7 Å². The fraction of sp³-hybridized carbons (Fsp3) is 0.733. The van der Waals surface area contributed by atoms with E-state index in [1.807, 2.05) is 0 Å². The van der Waals surface area contributed by atoms with Crippen LogP contribution in [0.5, 0.6) is 0 Å². The second-order valence-corrected chi connectivity index (χ2v) is 6.25. The minimum atomic E-state index is -0.145. The highest BCUT2D eigenvalue weighted by molar-refractivity contribution is 6.32. The van der Waals surface area contributed by atoms with Crippen molar-refractivity contribution in [1.82, 2.24) is 9.78 Å². The van der Waals surface area contributed by atoms with Gasteiger partial charge in [-0.3, -0.25) is 4.79 Å². The summed E-state index contributed by atoms with van der Waals surface area (Å²) in [4.78, 5) is 12.4. The second kappa shape index (κ2) is 7.80. The maximum Gasteiger partial charge on any atom is 0.291 e. The Hall–Kier alpha value is -1.07. The molecule has 2 N–H and O–H groups in total. The molecule has 21 heavy (non-hydrogen) atoms. The summed E-state index contributed by atoms with van der Waals surface area (Å²) in [5.74, 6) is 0.937. The molecule has 0 aliphatic heterocycles. The van der Waals surface area contributed by atoms with Crippen LogP contribution in [0.3, 0.4) is 0 Å². The quantitative estimate of drug-likeness (QED) is 0.735. The summed E-state index contributed by atoms with van der Waals surface area (Å²) in [6.45, 7) is 3.62. The summed E-state index contributed by atoms with van der Waals surface area (Å²) < 4.78 is 1.51. The lowest BCUT2D eigenvalue weighted by Gasteiger charge is -2.17. The maximum atomic E-state index is 12.4. The summed E-state index contributed by atoms with van der Waals surface area (Å²) in [7, 11) is 0. The number of aliphatic hydroxyl groups excluding tert-OH is 1. The molecule has 2 rings (SSSR count). The lowest BCUT2D eigenvalue weighted by Crippen LogP contribution is -2.28. The Morgan fingerprint density at radius 3 is 2.90 bits per heavy atom. The Bertz CT molecular complexity index is 508. The van der Waals surface area contributed by atoms with Crippen LogP contribution >= 0.6 is 11.6 Å². The lowest BCUT2D eigenvalue weighted by molar-refractivity contribution is 0.255. The van der Waals surface area contributed by atoms with Gasteiger partial charge in [-0.15, -0.1) is 0 Å². The molecule has 118 valence electrons. The van der Waals surface area contributed by atoms with E-state index in [9.17, 15) is 4.79 Å². The summed E-state index contributed by atoms with van der Waals surface area (Å²) >= 11 is 6.10. The van der Waals surface area contributed by atoms with E-state index >= 15 is 0 Å². The number of nitrogens with zero attached hydrogens (tertiary/aromatic N) is 2. The average Bonchev–Trinajstić information content (AvgIpc) is 3.26. The third-order valence-corrected chi connectivity index (χ3v) is 4.21. The van der Waals surface area contributed by atoms with Crippen LogP contribution in [-0.4, -0.2) is 28.0 Å². The molecule has 1 aliphatic carbocycles. The number of rotatable bonds is 9. The van der Waals surface area contributed by atoms with E-state index in [0.717, 1.165) is 19.3 Å². The van der Waals surface area contributed by atoms with E-state index in [-0.39, 0.29) is 12.2 Å². The molecule has 1 fully saturated rings. The van der Waals surface area contributed by atoms with E-state index in [1.54, 1.807) is 0 Å². The van der Waals surface area contributed by atoms with Crippen molar-refractivity contribution in [1.29, 1.82) is 0 Å². The first-order chi connectivity index (χ1) is 10.2. The van der Waals surface area contributed by atoms with Crippen LogP contribution in [0.15, 0.2) is 11.0 Å². The molecular weight excluding hydrogens is 290 g/mol. The highest BCUT2D eigenvalue weighted by Gasteiger charge is 2.23. The third-order valence-electron chi connectivity index (χ3n) is 3.93. The number of nitrogens with one attached hydrogen (secondary N) is 1. The fourth-order valence-corrected chi connectivity index (χ4v) is 2.68. The van der Waals surface area contributed by atoms with Gasteiger partial charge in [0.05, 0.1) is 11.2 Å². The third kappa shape index (κ3) is 4.71. The van der Waals surface area contributed by atoms with Crippen LogP contribution in [0.1, 0.15) is 39.0 Å². The van der Waals surface area contributed by atoms with Crippen molar-refractivity contribution in [3.8, 4) is 0 Å². The van der Waals surface area contributed by atoms with Crippen molar-refractivity contribution in [3.63, 3.8) is 0 Å². The molecule has 0 radical (unpaired) electrons. The number of aromatic nitrogens is 2. The molecule has 0 bridgehead atoms. The fourth-order valence-electron chi connectivity index (χ4n) is 2.49. The van der Waals surface area contributed by atoms with Crippen molar-refractivity contribution in [3.05, 3.63) is 21.6 Å². The molecule has 1 aromatic rings. The van der Waals surface area contributed by atoms with Gasteiger partial charge >= 0.3 is 0 Å². The van der Waals surface area contributed by atoms with Gasteiger partial charge in [-0.25, -0.2) is 4.68 Å². The summed E-state index contributed by atoms with van der Waals surface area (Å²) in [6.07, 6.45) is 6.70. The van der Waals surface area contributed by atoms with E-state index in [2.05, 4.69) is 17.3 Å². The molecule has 0 amide bonds. The monoisotopic (exact) mass is 313 g/mol. The first-order valence-corrected chi connectivity index (χ1v) is 8.13. The SMILES string of the molecule is CCCC(CCO)CNc1c(Cl)cnn(CC2CC2)c1=O. The predicted octanol–water partition coefficient (Wildman–Crippen LogP) is 2.52. The van der Waals surface area contributed by atoms with Gasteiger partial charge in [-0.2, -0.15) is 5.10 Å². The van der Waals surface area contributed by atoms with Crippen LogP contribution in [0, 0.1) is 11.8 Å². The van der Waals surface area contributed by atoms with E-state index in [0.29, 0.717) is 35.6 Å². The molecule has 1 unspecified atom stereocenters. The summed E-state index contributed by atoms with van der Waals surface area (Å²) in [5.41, 5.74) is 0.292. The zero-order valence-electron chi connectivity index (χ0n) is 12.5. The number of anilines is 1. The standard InChI is InChI=1S/C15H24ClN3O2/c1-2-3-11(6-7-20)8-17-14-13(16)9-18-19(15(14)21)10-12-4-5-12/h9,11-12,17,20H,2-8,10H2,1H3. The normalized spacial score (nSPS) is 16.0. The van der Waals surface area contributed by atoms with E-state index in [4.69, 9.17) is 16.7 Å². The molecule has 1 saturated carbocycles. The molecule has 0 aromatic carbocycles. The molecule has 1 aliphatic rings. The predicted molar refractivity (Wildman–Crippen MR) is 84.8 cm³/mol. The van der Waals surface area contributed by atoms with Crippen LogP contribution in [-0.2, 0) is 6.54 Å². The van der Waals surface area contributed by atoms with Gasteiger partial charge in [-0.1, -0.05) is 24.9 Å². The number of hydrogen-bond donors (Lipinski definition) is 2. The molecule has 1 aromatic heterocycles. The summed E-state index contributed by atoms with van der Waals surface area (Å²) in [6, 6.07) is 0. The van der Waals surface area contributed by atoms with Gasteiger partial charge < -0.3 is 10.4 Å². The number of halogens is 1. The highest BCUT2D eigenvalue weighted by atomic mass is 35.5. The van der Waals surface area contributed by atoms with Gasteiger partial charge in [0.25, 0.3) is 5.56 Å². The second-order valence-electron chi connectivity index (χ2n) is 5.85. The Morgan fingerprint density at radius 1 is 1.52 bits per heavy atom. The first-order valence-electron chi connectivity index (χ1n) is 7.76. The van der Waals surface area contributed by atoms with Gasteiger partial charge in [0.2, 0.25) is 0 Å². The Labute approximate surface area is 130 Å². The van der Waals surface area contributed by atoms with Crippen molar-refractivity contribution in [2.75, 3.05) is 18.5 Å². The minimum absolute atomic E-state index is 0.145. The Kier molecular flexibility index (Phi) is 6.06. The zero-order chi connectivity index (χ0) is 15.2. The maximum absolute atomic E-state index is 12.4. The van der Waals surface area contributed by atoms with Crippen molar-refractivity contribution < 1.29 is 5.11 Å². The highest BCUT2D eigenvalue weighted by Crippen LogP contribution is 2.30. The molecule has 6 heteroatoms. The zero-order valence-corrected chi connectivity index (χ0v) is 13.3. The van der Waals surface area contributed by atoms with Gasteiger partial charge in [0, 0.05) is 19.7 Å². The Morgan fingerprint density at radius 2 is 2.29 bits per heavy atom.